The first-order chi connectivity index (χ1) is 18.5. The molecule has 0 fully saturated rings. The lowest BCUT2D eigenvalue weighted by molar-refractivity contribution is -0.121. The van der Waals surface area contributed by atoms with Crippen LogP contribution in [0.5, 0.6) is 5.75 Å². The highest BCUT2D eigenvalue weighted by Gasteiger charge is 2.16. The first-order valence-corrected chi connectivity index (χ1v) is 13.7. The Bertz CT molecular complexity index is 1320. The lowest BCUT2D eigenvalue weighted by atomic mass is 10.1. The summed E-state index contributed by atoms with van der Waals surface area (Å²) in [7, 11) is 1.67. The monoisotopic (exact) mass is 531 g/mol. The van der Waals surface area contributed by atoms with Gasteiger partial charge in [-0.1, -0.05) is 48.0 Å². The zero-order chi connectivity index (χ0) is 26.7. The molecule has 0 atom stereocenters. The van der Waals surface area contributed by atoms with Gasteiger partial charge in [0.2, 0.25) is 5.91 Å². The number of hydrogen-bond acceptors (Lipinski definition) is 5. The molecule has 7 heteroatoms. The Labute approximate surface area is 230 Å². The van der Waals surface area contributed by atoms with Crippen LogP contribution in [0, 0.1) is 6.92 Å². The third kappa shape index (κ3) is 7.62. The SMILES string of the molecule is COCCCNC(=O)CCCCCOc1cc(S)c2nc(Cc3ccccc3)n(-c3ccc(C)cc3)c2c1. The Morgan fingerprint density at radius 2 is 1.76 bits per heavy atom. The van der Waals surface area contributed by atoms with Gasteiger partial charge in [0.15, 0.2) is 0 Å². The van der Waals surface area contributed by atoms with Gasteiger partial charge in [0.25, 0.3) is 0 Å². The minimum Gasteiger partial charge on any atom is -0.493 e. The number of nitrogens with one attached hydrogen (secondary N) is 1. The van der Waals surface area contributed by atoms with E-state index >= 15 is 0 Å². The Hall–Kier alpha value is -3.29. The molecule has 1 heterocycles. The molecule has 38 heavy (non-hydrogen) atoms. The molecule has 0 radical (unpaired) electrons. The van der Waals surface area contributed by atoms with Crippen molar-refractivity contribution in [3.8, 4) is 11.4 Å². The molecule has 1 aromatic heterocycles. The standard InChI is InChI=1S/C31H37N3O3S/c1-23-13-15-25(16-14-23)34-27-21-26(37-19-8-4-7-12-30(35)32-17-9-18-36-2)22-28(38)31(27)33-29(34)20-24-10-5-3-6-11-24/h3,5-6,10-11,13-16,21-22,38H,4,7-9,12,17-20H2,1-2H3,(H,32,35). The van der Waals surface area contributed by atoms with Crippen LogP contribution in [0.2, 0.25) is 0 Å². The summed E-state index contributed by atoms with van der Waals surface area (Å²) in [6.45, 7) is 4.01. The number of benzene rings is 3. The van der Waals surface area contributed by atoms with E-state index in [0.29, 0.717) is 32.6 Å². The maximum atomic E-state index is 11.9. The molecule has 1 amide bonds. The number of aryl methyl sites for hydroxylation is 1. The van der Waals surface area contributed by atoms with E-state index in [-0.39, 0.29) is 5.91 Å². The number of fused-ring (bicyclic) bond motifs is 1. The Balaban J connectivity index is 1.43. The molecule has 0 bridgehead atoms. The maximum absolute atomic E-state index is 11.9. The van der Waals surface area contributed by atoms with Gasteiger partial charge in [0.1, 0.15) is 17.1 Å². The van der Waals surface area contributed by atoms with Gasteiger partial charge in [-0.15, -0.1) is 12.6 Å². The molecule has 0 unspecified atom stereocenters. The number of carbonyl (C=O) groups is 1. The van der Waals surface area contributed by atoms with E-state index in [4.69, 9.17) is 27.1 Å². The predicted octanol–water partition coefficient (Wildman–Crippen LogP) is 6.31. The van der Waals surface area contributed by atoms with Gasteiger partial charge in [-0.2, -0.15) is 0 Å². The summed E-state index contributed by atoms with van der Waals surface area (Å²) in [5.74, 6) is 1.84. The van der Waals surface area contributed by atoms with Crippen LogP contribution in [0.1, 0.15) is 49.1 Å². The lowest BCUT2D eigenvalue weighted by Crippen LogP contribution is -2.24. The van der Waals surface area contributed by atoms with Crippen molar-refractivity contribution in [2.75, 3.05) is 26.9 Å². The summed E-state index contributed by atoms with van der Waals surface area (Å²) >= 11 is 4.77. The van der Waals surface area contributed by atoms with Crippen molar-refractivity contribution in [3.63, 3.8) is 0 Å². The second-order valence-electron chi connectivity index (χ2n) is 9.53. The first kappa shape index (κ1) is 27.7. The van der Waals surface area contributed by atoms with E-state index in [1.54, 1.807) is 7.11 Å². The van der Waals surface area contributed by atoms with Crippen molar-refractivity contribution in [2.24, 2.45) is 0 Å². The number of ether oxygens (including phenoxy) is 2. The number of rotatable bonds is 14. The number of amides is 1. The summed E-state index contributed by atoms with van der Waals surface area (Å²) in [6, 6.07) is 22.9. The number of carbonyl (C=O) groups excluding carboxylic acids is 1. The Morgan fingerprint density at radius 3 is 2.53 bits per heavy atom. The van der Waals surface area contributed by atoms with Crippen molar-refractivity contribution in [2.45, 2.75) is 50.3 Å². The van der Waals surface area contributed by atoms with Gasteiger partial charge < -0.3 is 14.8 Å². The molecule has 0 aliphatic rings. The van der Waals surface area contributed by atoms with Crippen molar-refractivity contribution in [1.82, 2.24) is 14.9 Å². The molecule has 200 valence electrons. The topological polar surface area (TPSA) is 65.4 Å². The second kappa shape index (κ2) is 14.0. The van der Waals surface area contributed by atoms with E-state index in [2.05, 4.69) is 71.4 Å². The van der Waals surface area contributed by atoms with Crippen molar-refractivity contribution in [1.29, 1.82) is 0 Å². The van der Waals surface area contributed by atoms with Crippen molar-refractivity contribution in [3.05, 3.63) is 83.7 Å². The fourth-order valence-electron chi connectivity index (χ4n) is 4.43. The number of nitrogens with zero attached hydrogens (tertiary/aromatic N) is 2. The Kier molecular flexibility index (Phi) is 10.2. The Morgan fingerprint density at radius 1 is 0.974 bits per heavy atom. The van der Waals surface area contributed by atoms with E-state index in [0.717, 1.165) is 58.9 Å². The molecular formula is C31H37N3O3S. The molecular weight excluding hydrogens is 494 g/mol. The highest BCUT2D eigenvalue weighted by molar-refractivity contribution is 7.80. The molecule has 0 saturated carbocycles. The summed E-state index contributed by atoms with van der Waals surface area (Å²) in [5.41, 5.74) is 5.33. The van der Waals surface area contributed by atoms with Gasteiger partial charge in [-0.05, 0) is 56.4 Å². The minimum atomic E-state index is 0.0999. The fraction of sp³-hybridized carbons (Fsp3) is 0.355. The number of thiol groups is 1. The number of imidazole rings is 1. The highest BCUT2D eigenvalue weighted by atomic mass is 32.1. The zero-order valence-electron chi connectivity index (χ0n) is 22.3. The summed E-state index contributed by atoms with van der Waals surface area (Å²) in [5, 5.41) is 2.93. The number of methoxy groups -OCH3 is 1. The first-order valence-electron chi connectivity index (χ1n) is 13.3. The van der Waals surface area contributed by atoms with Gasteiger partial charge >= 0.3 is 0 Å². The van der Waals surface area contributed by atoms with Gasteiger partial charge in [-0.25, -0.2) is 4.98 Å². The lowest BCUT2D eigenvalue weighted by Gasteiger charge is -2.12. The van der Waals surface area contributed by atoms with Gasteiger partial charge in [0.05, 0.1) is 12.1 Å². The molecule has 6 nitrogen and oxygen atoms in total. The maximum Gasteiger partial charge on any atom is 0.219 e. The van der Waals surface area contributed by atoms with Crippen LogP contribution in [-0.4, -0.2) is 42.3 Å². The predicted molar refractivity (Wildman–Crippen MR) is 156 cm³/mol. The third-order valence-electron chi connectivity index (χ3n) is 6.44. The van der Waals surface area contributed by atoms with Crippen LogP contribution < -0.4 is 10.1 Å². The van der Waals surface area contributed by atoms with Gasteiger partial charge in [-0.3, -0.25) is 9.36 Å². The van der Waals surface area contributed by atoms with Crippen LogP contribution in [0.25, 0.3) is 16.7 Å². The molecule has 3 aromatic carbocycles. The third-order valence-corrected chi connectivity index (χ3v) is 6.79. The summed E-state index contributed by atoms with van der Waals surface area (Å²) < 4.78 is 13.3. The highest BCUT2D eigenvalue weighted by Crippen LogP contribution is 2.32. The zero-order valence-corrected chi connectivity index (χ0v) is 23.2. The number of aromatic nitrogens is 2. The van der Waals surface area contributed by atoms with E-state index in [1.807, 2.05) is 12.1 Å². The van der Waals surface area contributed by atoms with Gasteiger partial charge in [0, 0.05) is 49.8 Å². The largest absolute Gasteiger partial charge is 0.493 e. The molecule has 0 aliphatic heterocycles. The van der Waals surface area contributed by atoms with Crippen LogP contribution in [0.3, 0.4) is 0 Å². The molecule has 4 rings (SSSR count). The smallest absolute Gasteiger partial charge is 0.219 e. The summed E-state index contributed by atoms with van der Waals surface area (Å²) in [6.07, 6.45) is 4.76. The molecule has 0 saturated heterocycles. The van der Waals surface area contributed by atoms with Crippen molar-refractivity contribution < 1.29 is 14.3 Å². The normalized spacial score (nSPS) is 11.1. The molecule has 0 spiro atoms. The van der Waals surface area contributed by atoms with Crippen LogP contribution in [0.4, 0.5) is 0 Å². The number of unbranched alkanes of at least 4 members (excludes halogenated alkanes) is 2. The van der Waals surface area contributed by atoms with E-state index < -0.39 is 0 Å². The van der Waals surface area contributed by atoms with Crippen molar-refractivity contribution >= 4 is 29.6 Å². The number of hydrogen-bond donors (Lipinski definition) is 2. The average molecular weight is 532 g/mol. The summed E-state index contributed by atoms with van der Waals surface area (Å²) in [4.78, 5) is 17.7. The molecule has 0 aliphatic carbocycles. The quantitative estimate of drug-likeness (QED) is 0.148. The van der Waals surface area contributed by atoms with Crippen LogP contribution in [-0.2, 0) is 16.0 Å². The molecule has 4 aromatic rings. The van der Waals surface area contributed by atoms with E-state index in [9.17, 15) is 4.79 Å². The van der Waals surface area contributed by atoms with Crippen LogP contribution >= 0.6 is 12.6 Å². The average Bonchev–Trinajstić information content (AvgIpc) is 3.28. The minimum absolute atomic E-state index is 0.0999. The van der Waals surface area contributed by atoms with E-state index in [1.165, 1.54) is 11.1 Å². The fourth-order valence-corrected chi connectivity index (χ4v) is 4.72. The van der Waals surface area contributed by atoms with Crippen LogP contribution in [0.15, 0.2) is 71.6 Å². The second-order valence-corrected chi connectivity index (χ2v) is 10.0. The molecule has 1 N–H and O–H groups in total.